The van der Waals surface area contributed by atoms with Crippen molar-refractivity contribution in [2.45, 2.75) is 13.0 Å². The molecule has 3 aromatic carbocycles. The Kier molecular flexibility index (Phi) is 4.81. The van der Waals surface area contributed by atoms with Crippen molar-refractivity contribution in [3.05, 3.63) is 95.9 Å². The summed E-state index contributed by atoms with van der Waals surface area (Å²) in [5.74, 6) is -0.596. The average Bonchev–Trinajstić information content (AvgIpc) is 3.13. The topological polar surface area (TPSA) is 56.9 Å². The first-order valence-electron chi connectivity index (χ1n) is 9.10. The third-order valence-electron chi connectivity index (χ3n) is 4.65. The molecule has 3 N–H and O–H groups in total. The van der Waals surface area contributed by atoms with E-state index in [1.165, 1.54) is 17.7 Å². The van der Waals surface area contributed by atoms with E-state index in [9.17, 15) is 9.18 Å². The van der Waals surface area contributed by atoms with Crippen molar-refractivity contribution in [3.8, 4) is 0 Å². The minimum absolute atomic E-state index is 0.174. The maximum Gasteiger partial charge on any atom is 0.272 e. The number of carbonyl (C=O) groups excluding carboxylic acids is 1. The van der Waals surface area contributed by atoms with Crippen LogP contribution in [0.15, 0.2) is 78.9 Å². The van der Waals surface area contributed by atoms with Gasteiger partial charge in [-0.2, -0.15) is 0 Å². The smallest absolute Gasteiger partial charge is 0.272 e. The number of nitrogens with one attached hydrogen (secondary N) is 3. The summed E-state index contributed by atoms with van der Waals surface area (Å²) in [4.78, 5) is 15.5. The first-order chi connectivity index (χ1) is 13.6. The number of rotatable bonds is 5. The van der Waals surface area contributed by atoms with Crippen molar-refractivity contribution in [1.82, 2.24) is 4.98 Å². The number of halogens is 1. The first kappa shape index (κ1) is 17.8. The summed E-state index contributed by atoms with van der Waals surface area (Å²) < 4.78 is 13.3. The summed E-state index contributed by atoms with van der Waals surface area (Å²) in [6, 6.07) is 23.9. The molecular formula is C23H20FN3O. The molecule has 0 saturated carbocycles. The van der Waals surface area contributed by atoms with Gasteiger partial charge >= 0.3 is 0 Å². The third-order valence-corrected chi connectivity index (χ3v) is 4.65. The Morgan fingerprint density at radius 1 is 0.929 bits per heavy atom. The van der Waals surface area contributed by atoms with Gasteiger partial charge in [0.1, 0.15) is 11.5 Å². The van der Waals surface area contributed by atoms with E-state index in [0.717, 1.165) is 11.2 Å². The molecule has 140 valence electrons. The van der Waals surface area contributed by atoms with Crippen LogP contribution >= 0.6 is 0 Å². The molecule has 4 aromatic rings. The van der Waals surface area contributed by atoms with Gasteiger partial charge in [-0.25, -0.2) is 4.39 Å². The Morgan fingerprint density at radius 3 is 2.39 bits per heavy atom. The molecule has 1 amide bonds. The Morgan fingerprint density at radius 2 is 1.64 bits per heavy atom. The number of carbonyl (C=O) groups is 1. The van der Waals surface area contributed by atoms with E-state index in [0.29, 0.717) is 16.8 Å². The van der Waals surface area contributed by atoms with Gasteiger partial charge in [0, 0.05) is 28.3 Å². The van der Waals surface area contributed by atoms with E-state index < -0.39 is 0 Å². The number of aromatic amines is 1. The molecule has 1 heterocycles. The number of benzene rings is 3. The second-order valence-corrected chi connectivity index (χ2v) is 6.72. The van der Waals surface area contributed by atoms with Crippen LogP contribution in [0.1, 0.15) is 29.0 Å². The summed E-state index contributed by atoms with van der Waals surface area (Å²) in [6.45, 7) is 2.10. The van der Waals surface area contributed by atoms with Crippen LogP contribution in [0.2, 0.25) is 0 Å². The van der Waals surface area contributed by atoms with Gasteiger partial charge in [0.15, 0.2) is 0 Å². The molecule has 0 aliphatic carbocycles. The molecule has 4 nitrogen and oxygen atoms in total. The summed E-state index contributed by atoms with van der Waals surface area (Å²) in [5, 5.41) is 6.96. The SMILES string of the molecule is CC(Nc1ccc(NC(=O)c2cc3cc(F)ccc3[nH]2)cc1)c1ccccc1. The molecule has 4 rings (SSSR count). The Hall–Kier alpha value is -3.60. The van der Waals surface area contributed by atoms with Crippen LogP contribution in [0.25, 0.3) is 10.9 Å². The maximum atomic E-state index is 13.3. The normalized spacial score (nSPS) is 11.9. The molecule has 0 aliphatic heterocycles. The van der Waals surface area contributed by atoms with Crippen LogP contribution in [0.3, 0.4) is 0 Å². The van der Waals surface area contributed by atoms with E-state index in [1.54, 1.807) is 12.1 Å². The highest BCUT2D eigenvalue weighted by atomic mass is 19.1. The van der Waals surface area contributed by atoms with Gasteiger partial charge in [0.25, 0.3) is 5.91 Å². The molecule has 0 aliphatic rings. The molecule has 0 spiro atoms. The monoisotopic (exact) mass is 373 g/mol. The number of anilines is 2. The van der Waals surface area contributed by atoms with Gasteiger partial charge in [-0.3, -0.25) is 4.79 Å². The fourth-order valence-electron chi connectivity index (χ4n) is 3.15. The lowest BCUT2D eigenvalue weighted by Gasteiger charge is -2.16. The standard InChI is InChI=1S/C23H20FN3O/c1-15(16-5-3-2-4-6-16)25-19-8-10-20(11-9-19)26-23(28)22-14-17-13-18(24)7-12-21(17)27-22/h2-15,25,27H,1H3,(H,26,28). The molecule has 1 unspecified atom stereocenters. The van der Waals surface area contributed by atoms with Crippen molar-refractivity contribution in [2.24, 2.45) is 0 Å². The van der Waals surface area contributed by atoms with Crippen LogP contribution in [-0.2, 0) is 0 Å². The highest BCUT2D eigenvalue weighted by Crippen LogP contribution is 2.22. The summed E-state index contributed by atoms with van der Waals surface area (Å²) in [6.07, 6.45) is 0. The number of fused-ring (bicyclic) bond motifs is 1. The summed E-state index contributed by atoms with van der Waals surface area (Å²) >= 11 is 0. The molecule has 5 heteroatoms. The van der Waals surface area contributed by atoms with Crippen LogP contribution < -0.4 is 10.6 Å². The minimum Gasteiger partial charge on any atom is -0.379 e. The number of amides is 1. The quantitative estimate of drug-likeness (QED) is 0.418. The number of aromatic nitrogens is 1. The number of hydrogen-bond acceptors (Lipinski definition) is 2. The van der Waals surface area contributed by atoms with Crippen molar-refractivity contribution in [2.75, 3.05) is 10.6 Å². The molecule has 28 heavy (non-hydrogen) atoms. The second kappa shape index (κ2) is 7.56. The van der Waals surface area contributed by atoms with Crippen molar-refractivity contribution < 1.29 is 9.18 Å². The lowest BCUT2D eigenvalue weighted by molar-refractivity contribution is 0.102. The molecule has 0 saturated heterocycles. The summed E-state index contributed by atoms with van der Waals surface area (Å²) in [7, 11) is 0. The van der Waals surface area contributed by atoms with Crippen molar-refractivity contribution >= 4 is 28.2 Å². The maximum absolute atomic E-state index is 13.3. The minimum atomic E-state index is -0.328. The zero-order valence-corrected chi connectivity index (χ0v) is 15.4. The largest absolute Gasteiger partial charge is 0.379 e. The summed E-state index contributed by atoms with van der Waals surface area (Å²) in [5.41, 5.74) is 3.97. The third kappa shape index (κ3) is 3.88. The van der Waals surface area contributed by atoms with Gasteiger partial charge < -0.3 is 15.6 Å². The van der Waals surface area contributed by atoms with E-state index in [2.05, 4.69) is 34.7 Å². The first-order valence-corrected chi connectivity index (χ1v) is 9.10. The van der Waals surface area contributed by atoms with Crippen LogP contribution in [0.4, 0.5) is 15.8 Å². The highest BCUT2D eigenvalue weighted by molar-refractivity contribution is 6.06. The van der Waals surface area contributed by atoms with Crippen LogP contribution in [0.5, 0.6) is 0 Å². The van der Waals surface area contributed by atoms with E-state index in [4.69, 9.17) is 0 Å². The average molecular weight is 373 g/mol. The van der Waals surface area contributed by atoms with E-state index >= 15 is 0 Å². The lowest BCUT2D eigenvalue weighted by Crippen LogP contribution is -2.12. The van der Waals surface area contributed by atoms with E-state index in [1.807, 2.05) is 42.5 Å². The number of hydrogen-bond donors (Lipinski definition) is 3. The Labute approximate surface area is 162 Å². The van der Waals surface area contributed by atoms with Crippen LogP contribution in [0, 0.1) is 5.82 Å². The molecule has 0 fully saturated rings. The molecule has 0 radical (unpaired) electrons. The Balaban J connectivity index is 1.42. The van der Waals surface area contributed by atoms with Gasteiger partial charge in [0.2, 0.25) is 0 Å². The van der Waals surface area contributed by atoms with Crippen molar-refractivity contribution in [3.63, 3.8) is 0 Å². The van der Waals surface area contributed by atoms with Gasteiger partial charge in [-0.05, 0) is 61.0 Å². The lowest BCUT2D eigenvalue weighted by atomic mass is 10.1. The van der Waals surface area contributed by atoms with E-state index in [-0.39, 0.29) is 17.8 Å². The van der Waals surface area contributed by atoms with Gasteiger partial charge in [-0.15, -0.1) is 0 Å². The van der Waals surface area contributed by atoms with Gasteiger partial charge in [-0.1, -0.05) is 30.3 Å². The predicted octanol–water partition coefficient (Wildman–Crippen LogP) is 5.73. The molecule has 1 atom stereocenters. The Bertz CT molecular complexity index is 1100. The number of H-pyrrole nitrogens is 1. The molecule has 1 aromatic heterocycles. The predicted molar refractivity (Wildman–Crippen MR) is 111 cm³/mol. The zero-order chi connectivity index (χ0) is 19.5. The fraction of sp³-hybridized carbons (Fsp3) is 0.0870. The van der Waals surface area contributed by atoms with Crippen LogP contribution in [-0.4, -0.2) is 10.9 Å². The van der Waals surface area contributed by atoms with Crippen molar-refractivity contribution in [1.29, 1.82) is 0 Å². The van der Waals surface area contributed by atoms with Gasteiger partial charge in [0.05, 0.1) is 0 Å². The highest BCUT2D eigenvalue weighted by Gasteiger charge is 2.11. The molecular weight excluding hydrogens is 353 g/mol. The zero-order valence-electron chi connectivity index (χ0n) is 15.4. The fourth-order valence-corrected chi connectivity index (χ4v) is 3.15. The second-order valence-electron chi connectivity index (χ2n) is 6.72. The molecule has 0 bridgehead atoms.